The fourth-order valence-corrected chi connectivity index (χ4v) is 3.66. The topological polar surface area (TPSA) is 96.5 Å². The number of halogens is 4. The first-order valence-corrected chi connectivity index (χ1v) is 9.68. The van der Waals surface area contributed by atoms with Gasteiger partial charge in [0.1, 0.15) is 16.8 Å². The van der Waals surface area contributed by atoms with Crippen molar-refractivity contribution in [3.05, 3.63) is 56.5 Å². The van der Waals surface area contributed by atoms with Crippen LogP contribution < -0.4 is 5.32 Å². The zero-order valence-electron chi connectivity index (χ0n) is 15.0. The van der Waals surface area contributed by atoms with E-state index in [1.807, 2.05) is 6.07 Å². The van der Waals surface area contributed by atoms with Gasteiger partial charge in [0.2, 0.25) is 5.13 Å². The molecule has 1 amide bonds. The third kappa shape index (κ3) is 4.63. The summed E-state index contributed by atoms with van der Waals surface area (Å²) in [5, 5.41) is 16.2. The quantitative estimate of drug-likeness (QED) is 0.599. The minimum absolute atomic E-state index is 0.135. The first kappa shape index (κ1) is 20.9. The molecule has 1 aromatic carbocycles. The number of thiazole rings is 1. The number of aromatic nitrogens is 4. The van der Waals surface area contributed by atoms with E-state index in [0.717, 1.165) is 23.5 Å². The molecule has 0 aliphatic heterocycles. The van der Waals surface area contributed by atoms with Gasteiger partial charge in [-0.3, -0.25) is 4.79 Å². The molecule has 7 nitrogen and oxygen atoms in total. The predicted octanol–water partition coefficient (Wildman–Crippen LogP) is 4.18. The number of nitrogens with zero attached hydrogens (tertiary/aromatic N) is 5. The van der Waals surface area contributed by atoms with Crippen LogP contribution in [0.15, 0.2) is 28.9 Å². The van der Waals surface area contributed by atoms with Crippen LogP contribution in [0.4, 0.5) is 13.2 Å². The molecule has 0 aliphatic carbocycles. The van der Waals surface area contributed by atoms with Crippen molar-refractivity contribution in [3.63, 3.8) is 0 Å². The molecule has 3 aromatic rings. The Bertz CT molecular complexity index is 1120. The Labute approximate surface area is 175 Å². The fourth-order valence-electron chi connectivity index (χ4n) is 2.50. The van der Waals surface area contributed by atoms with Crippen LogP contribution in [0.2, 0.25) is 0 Å². The largest absolute Gasteiger partial charge is 0.416 e. The van der Waals surface area contributed by atoms with Crippen molar-refractivity contribution in [2.75, 3.05) is 0 Å². The lowest BCUT2D eigenvalue weighted by Gasteiger charge is -2.15. The zero-order chi connectivity index (χ0) is 21.3. The third-order valence-electron chi connectivity index (χ3n) is 3.75. The summed E-state index contributed by atoms with van der Waals surface area (Å²) in [5.41, 5.74) is -1.09. The minimum Gasteiger partial charge on any atom is -0.342 e. The lowest BCUT2D eigenvalue weighted by molar-refractivity contribution is -0.137. The molecule has 2 aromatic heterocycles. The van der Waals surface area contributed by atoms with Crippen LogP contribution in [0.5, 0.6) is 0 Å². The van der Waals surface area contributed by atoms with Crippen LogP contribution in [-0.4, -0.2) is 25.7 Å². The van der Waals surface area contributed by atoms with Crippen molar-refractivity contribution < 1.29 is 18.0 Å². The Kier molecular flexibility index (Phi) is 5.72. The van der Waals surface area contributed by atoms with Crippen LogP contribution in [0.3, 0.4) is 0 Å². The molecular formula is C17H12BrF3N6OS. The summed E-state index contributed by atoms with van der Waals surface area (Å²) in [4.78, 5) is 21.3. The maximum Gasteiger partial charge on any atom is 0.416 e. The Morgan fingerprint density at radius 3 is 2.72 bits per heavy atom. The maximum absolute atomic E-state index is 13.0. The van der Waals surface area contributed by atoms with Gasteiger partial charge in [-0.05, 0) is 32.0 Å². The number of amides is 1. The van der Waals surface area contributed by atoms with Crippen LogP contribution in [0.25, 0.3) is 5.13 Å². The van der Waals surface area contributed by atoms with Gasteiger partial charge in [0.05, 0.1) is 17.8 Å². The Hall–Kier alpha value is -2.78. The maximum atomic E-state index is 13.0. The van der Waals surface area contributed by atoms with Gasteiger partial charge in [-0.1, -0.05) is 27.3 Å². The highest BCUT2D eigenvalue weighted by Gasteiger charge is 2.32. The number of nitrogens with one attached hydrogen (secondary N) is 1. The Morgan fingerprint density at radius 1 is 1.38 bits per heavy atom. The molecule has 0 saturated carbocycles. The number of carbonyl (C=O) groups excluding carboxylic acids is 1. The molecule has 0 radical (unpaired) electrons. The second-order valence-corrected chi connectivity index (χ2v) is 7.89. The van der Waals surface area contributed by atoms with E-state index in [-0.39, 0.29) is 10.0 Å². The van der Waals surface area contributed by atoms with E-state index >= 15 is 0 Å². The van der Waals surface area contributed by atoms with Gasteiger partial charge in [0.15, 0.2) is 5.82 Å². The van der Waals surface area contributed by atoms with Gasteiger partial charge in [-0.25, -0.2) is 9.97 Å². The average Bonchev–Trinajstić information content (AvgIpc) is 3.26. The van der Waals surface area contributed by atoms with Gasteiger partial charge in [-0.2, -0.15) is 23.1 Å². The van der Waals surface area contributed by atoms with Crippen LogP contribution in [0.1, 0.15) is 45.4 Å². The smallest absolute Gasteiger partial charge is 0.342 e. The molecule has 0 unspecified atom stereocenters. The second-order valence-electron chi connectivity index (χ2n) is 5.97. The number of nitriles is 1. The molecule has 0 saturated heterocycles. The summed E-state index contributed by atoms with van der Waals surface area (Å²) < 4.78 is 40.6. The lowest BCUT2D eigenvalue weighted by Crippen LogP contribution is -2.29. The molecule has 150 valence electrons. The number of hydrogen-bond acceptors (Lipinski definition) is 6. The van der Waals surface area contributed by atoms with Gasteiger partial charge in [0, 0.05) is 10.0 Å². The van der Waals surface area contributed by atoms with Crippen molar-refractivity contribution in [1.82, 2.24) is 25.1 Å². The summed E-state index contributed by atoms with van der Waals surface area (Å²) in [5.74, 6) is 0.0470. The molecule has 0 bridgehead atoms. The van der Waals surface area contributed by atoms with Crippen molar-refractivity contribution in [1.29, 1.82) is 5.26 Å². The number of benzene rings is 1. The van der Waals surface area contributed by atoms with E-state index < -0.39 is 23.7 Å². The number of carbonyl (C=O) groups is 1. The molecular weight excluding hydrogens is 473 g/mol. The molecule has 1 atom stereocenters. The monoisotopic (exact) mass is 484 g/mol. The first-order valence-electron chi connectivity index (χ1n) is 8.07. The Balaban J connectivity index is 1.88. The highest BCUT2D eigenvalue weighted by atomic mass is 79.9. The highest BCUT2D eigenvalue weighted by molar-refractivity contribution is 9.10. The van der Waals surface area contributed by atoms with Gasteiger partial charge >= 0.3 is 6.18 Å². The predicted molar refractivity (Wildman–Crippen MR) is 102 cm³/mol. The van der Waals surface area contributed by atoms with E-state index in [9.17, 15) is 18.0 Å². The normalized spacial score (nSPS) is 12.4. The van der Waals surface area contributed by atoms with E-state index in [0.29, 0.717) is 21.7 Å². The lowest BCUT2D eigenvalue weighted by atomic mass is 10.1. The molecule has 0 aliphatic rings. The fraction of sp³-hybridized carbons (Fsp3) is 0.235. The zero-order valence-corrected chi connectivity index (χ0v) is 17.4. The van der Waals surface area contributed by atoms with E-state index in [1.54, 1.807) is 13.8 Å². The van der Waals surface area contributed by atoms with E-state index in [2.05, 4.69) is 36.3 Å². The number of rotatable bonds is 4. The second kappa shape index (κ2) is 7.92. The van der Waals surface area contributed by atoms with E-state index in [4.69, 9.17) is 5.26 Å². The summed E-state index contributed by atoms with van der Waals surface area (Å²) in [7, 11) is 0. The summed E-state index contributed by atoms with van der Waals surface area (Å²) in [6.45, 7) is 3.27. The van der Waals surface area contributed by atoms with Crippen LogP contribution in [0, 0.1) is 18.3 Å². The number of aryl methyl sites for hydroxylation is 1. The van der Waals surface area contributed by atoms with Crippen molar-refractivity contribution in [2.45, 2.75) is 26.1 Å². The third-order valence-corrected chi connectivity index (χ3v) is 5.08. The number of hydrogen-bond donors (Lipinski definition) is 1. The molecule has 3 rings (SSSR count). The molecule has 0 spiro atoms. The number of alkyl halides is 3. The first-order chi connectivity index (χ1) is 13.6. The average molecular weight is 485 g/mol. The summed E-state index contributed by atoms with van der Waals surface area (Å²) in [6.07, 6.45) is -3.19. The van der Waals surface area contributed by atoms with Crippen LogP contribution in [-0.2, 0) is 6.18 Å². The minimum atomic E-state index is -4.58. The van der Waals surface area contributed by atoms with Gasteiger partial charge in [0.25, 0.3) is 5.91 Å². The van der Waals surface area contributed by atoms with Crippen molar-refractivity contribution in [3.8, 4) is 11.2 Å². The molecule has 29 heavy (non-hydrogen) atoms. The SMILES string of the molecule is Cc1nc([C@H](C)NC(=O)c2cc(Br)cc(C(F)(F)F)c2)n(-c2ncc(C#N)s2)n1. The summed E-state index contributed by atoms with van der Waals surface area (Å²) >= 11 is 4.10. The molecule has 1 N–H and O–H groups in total. The molecule has 2 heterocycles. The molecule has 12 heteroatoms. The van der Waals surface area contributed by atoms with E-state index in [1.165, 1.54) is 16.9 Å². The summed E-state index contributed by atoms with van der Waals surface area (Å²) in [6, 6.07) is 4.27. The van der Waals surface area contributed by atoms with Crippen molar-refractivity contribution in [2.24, 2.45) is 0 Å². The Morgan fingerprint density at radius 2 is 2.10 bits per heavy atom. The van der Waals surface area contributed by atoms with Gasteiger partial charge in [-0.15, -0.1) is 5.10 Å². The highest BCUT2D eigenvalue weighted by Crippen LogP contribution is 2.32. The molecule has 0 fully saturated rings. The standard InChI is InChI=1S/C17H12BrF3N6OS/c1-8(14-25-9(2)26-27(14)16-23-7-13(6-22)29-16)24-15(28)10-3-11(17(19,20)21)5-12(18)4-10/h3-5,7-8H,1-2H3,(H,24,28)/t8-/m0/s1. The van der Waals surface area contributed by atoms with Gasteiger partial charge < -0.3 is 5.32 Å². The van der Waals surface area contributed by atoms with Crippen molar-refractivity contribution >= 4 is 33.2 Å². The van der Waals surface area contributed by atoms with Crippen LogP contribution >= 0.6 is 27.3 Å².